The Morgan fingerprint density at radius 1 is 1.29 bits per heavy atom. The molecule has 2 rings (SSSR count). The Morgan fingerprint density at radius 2 is 2.05 bits per heavy atom. The highest BCUT2D eigenvalue weighted by Crippen LogP contribution is 2.41. The van der Waals surface area contributed by atoms with E-state index in [2.05, 4.69) is 54.0 Å². The van der Waals surface area contributed by atoms with Gasteiger partial charge in [0.25, 0.3) is 0 Å². The van der Waals surface area contributed by atoms with Crippen molar-refractivity contribution in [3.63, 3.8) is 0 Å². The van der Waals surface area contributed by atoms with Crippen LogP contribution < -0.4 is 0 Å². The van der Waals surface area contributed by atoms with Crippen molar-refractivity contribution in [2.75, 3.05) is 0 Å². The zero-order chi connectivity index (χ0) is 15.1. The van der Waals surface area contributed by atoms with E-state index < -0.39 is 0 Å². The third-order valence-electron chi connectivity index (χ3n) is 2.65. The van der Waals surface area contributed by atoms with Gasteiger partial charge in [-0.05, 0) is 19.4 Å². The second-order valence-corrected chi connectivity index (χ2v) is 8.30. The van der Waals surface area contributed by atoms with Gasteiger partial charge in [-0.2, -0.15) is 5.10 Å². The van der Waals surface area contributed by atoms with Gasteiger partial charge >= 0.3 is 0 Å². The molecule has 0 fully saturated rings. The van der Waals surface area contributed by atoms with Crippen LogP contribution in [0.4, 0.5) is 0 Å². The average Bonchev–Trinajstić information content (AvgIpc) is 2.89. The smallest absolute Gasteiger partial charge is 0.107 e. The molecule has 110 valence electrons. The molecule has 1 aliphatic rings. The minimum absolute atomic E-state index is 0.854. The monoisotopic (exact) mass is 334 g/mol. The van der Waals surface area contributed by atoms with E-state index in [0.717, 1.165) is 27.2 Å². The highest BCUT2D eigenvalue weighted by Gasteiger charge is 2.12. The van der Waals surface area contributed by atoms with Crippen LogP contribution in [-0.4, -0.2) is 10.8 Å². The summed E-state index contributed by atoms with van der Waals surface area (Å²) in [6.45, 7) is 8.19. The summed E-state index contributed by atoms with van der Waals surface area (Å²) in [4.78, 5) is 0. The summed E-state index contributed by atoms with van der Waals surface area (Å²) in [5.41, 5.74) is 2.41. The highest BCUT2D eigenvalue weighted by molar-refractivity contribution is 8.35. The molecule has 2 nitrogen and oxygen atoms in total. The number of thioether (sulfide) groups is 3. The molecule has 0 unspecified atom stereocenters. The highest BCUT2D eigenvalue weighted by atomic mass is 32.2. The van der Waals surface area contributed by atoms with Gasteiger partial charge in [-0.15, -0.1) is 16.9 Å². The van der Waals surface area contributed by atoms with Gasteiger partial charge in [0.1, 0.15) is 5.04 Å². The standard InChI is InChI=1S/C16H18N2S3/c1-4-16(19-11-14-8-6-5-7-9-14)21-13(3)20-15-10-12(2)17-18-15/h4-9H,3,10-11H2,1-2H3/b16-4-. The fraction of sp³-hybridized carbons (Fsp3) is 0.250. The molecule has 0 aliphatic carbocycles. The van der Waals surface area contributed by atoms with Crippen molar-refractivity contribution < 1.29 is 0 Å². The summed E-state index contributed by atoms with van der Waals surface area (Å²) >= 11 is 5.18. The van der Waals surface area contributed by atoms with E-state index >= 15 is 0 Å². The van der Waals surface area contributed by atoms with Gasteiger partial charge in [0, 0.05) is 26.4 Å². The number of hydrogen-bond donors (Lipinski definition) is 0. The van der Waals surface area contributed by atoms with Crippen molar-refractivity contribution in [2.24, 2.45) is 10.2 Å². The van der Waals surface area contributed by atoms with Crippen molar-refractivity contribution in [1.29, 1.82) is 0 Å². The fourth-order valence-electron chi connectivity index (χ4n) is 1.65. The Labute approximate surface area is 139 Å². The van der Waals surface area contributed by atoms with Gasteiger partial charge in [-0.1, -0.05) is 66.5 Å². The molecule has 0 spiro atoms. The topological polar surface area (TPSA) is 24.7 Å². The molecule has 0 radical (unpaired) electrons. The molecule has 0 bridgehead atoms. The molecule has 21 heavy (non-hydrogen) atoms. The van der Waals surface area contributed by atoms with Crippen molar-refractivity contribution in [3.8, 4) is 0 Å². The van der Waals surface area contributed by atoms with Crippen molar-refractivity contribution in [3.05, 3.63) is 57.0 Å². The molecule has 5 heteroatoms. The first-order valence-corrected chi connectivity index (χ1v) is 9.27. The van der Waals surface area contributed by atoms with E-state index in [1.54, 1.807) is 23.5 Å². The Balaban J connectivity index is 1.78. The number of rotatable bonds is 6. The number of allylic oxidation sites excluding steroid dienone is 1. The van der Waals surface area contributed by atoms with Crippen LogP contribution in [0.15, 0.2) is 61.7 Å². The molecular formula is C16H18N2S3. The van der Waals surface area contributed by atoms with Gasteiger partial charge in [0.2, 0.25) is 0 Å². The van der Waals surface area contributed by atoms with Crippen molar-refractivity contribution >= 4 is 46.0 Å². The maximum absolute atomic E-state index is 4.15. The molecule has 0 saturated heterocycles. The third kappa shape index (κ3) is 5.77. The molecule has 0 aromatic heterocycles. The average molecular weight is 335 g/mol. The first-order valence-electron chi connectivity index (χ1n) is 6.65. The Kier molecular flexibility index (Phi) is 6.67. The Morgan fingerprint density at radius 3 is 2.67 bits per heavy atom. The normalized spacial score (nSPS) is 14.9. The second kappa shape index (κ2) is 8.51. The van der Waals surface area contributed by atoms with Gasteiger partial charge < -0.3 is 0 Å². The summed E-state index contributed by atoms with van der Waals surface area (Å²) in [7, 11) is 0. The summed E-state index contributed by atoms with van der Waals surface area (Å²) < 4.78 is 2.32. The maximum Gasteiger partial charge on any atom is 0.107 e. The van der Waals surface area contributed by atoms with Gasteiger partial charge in [0.05, 0.1) is 0 Å². The lowest BCUT2D eigenvalue weighted by Crippen LogP contribution is -1.93. The number of hydrogen-bond acceptors (Lipinski definition) is 5. The second-order valence-electron chi connectivity index (χ2n) is 4.46. The van der Waals surface area contributed by atoms with Crippen LogP contribution in [0.3, 0.4) is 0 Å². The van der Waals surface area contributed by atoms with Crippen LogP contribution >= 0.6 is 35.3 Å². The van der Waals surface area contributed by atoms with E-state index in [9.17, 15) is 0 Å². The van der Waals surface area contributed by atoms with Crippen LogP contribution in [0.5, 0.6) is 0 Å². The van der Waals surface area contributed by atoms with Crippen LogP contribution in [0, 0.1) is 0 Å². The molecule has 0 amide bonds. The van der Waals surface area contributed by atoms with Crippen LogP contribution in [0.1, 0.15) is 25.8 Å². The zero-order valence-electron chi connectivity index (χ0n) is 12.2. The largest absolute Gasteiger partial charge is 0.159 e. The molecule has 0 N–H and O–H groups in total. The summed E-state index contributed by atoms with van der Waals surface area (Å²) in [6.07, 6.45) is 2.99. The summed E-state index contributed by atoms with van der Waals surface area (Å²) in [5, 5.41) is 9.25. The molecule has 1 aromatic rings. The summed E-state index contributed by atoms with van der Waals surface area (Å²) in [5.74, 6) is 0.981. The van der Waals surface area contributed by atoms with Crippen LogP contribution in [-0.2, 0) is 5.75 Å². The molecule has 1 aliphatic heterocycles. The lowest BCUT2D eigenvalue weighted by atomic mass is 10.2. The summed E-state index contributed by atoms with van der Waals surface area (Å²) in [6, 6.07) is 10.5. The quantitative estimate of drug-likeness (QED) is 0.647. The van der Waals surface area contributed by atoms with E-state index in [0.29, 0.717) is 0 Å². The molecule has 1 heterocycles. The predicted octanol–water partition coefficient (Wildman–Crippen LogP) is 5.90. The lowest BCUT2D eigenvalue weighted by Gasteiger charge is -2.08. The van der Waals surface area contributed by atoms with Gasteiger partial charge in [-0.3, -0.25) is 0 Å². The maximum atomic E-state index is 4.15. The van der Waals surface area contributed by atoms with Crippen molar-refractivity contribution in [2.45, 2.75) is 26.0 Å². The van der Waals surface area contributed by atoms with Crippen LogP contribution in [0.25, 0.3) is 0 Å². The minimum Gasteiger partial charge on any atom is -0.159 e. The van der Waals surface area contributed by atoms with Crippen molar-refractivity contribution in [1.82, 2.24) is 0 Å². The Bertz CT molecular complexity index is 589. The van der Waals surface area contributed by atoms with Crippen LogP contribution in [0.2, 0.25) is 0 Å². The molecule has 0 saturated carbocycles. The SMILES string of the molecule is C=C(SC1=NN=C(C)C1)S/C(=C\C)SCc1ccccc1. The van der Waals surface area contributed by atoms with Gasteiger partial charge in [-0.25, -0.2) is 0 Å². The van der Waals surface area contributed by atoms with E-state index in [4.69, 9.17) is 0 Å². The molecule has 0 atom stereocenters. The number of benzene rings is 1. The molecular weight excluding hydrogens is 316 g/mol. The molecule has 1 aromatic carbocycles. The fourth-order valence-corrected chi connectivity index (χ4v) is 4.88. The first-order chi connectivity index (χ1) is 10.2. The van der Waals surface area contributed by atoms with E-state index in [-0.39, 0.29) is 0 Å². The van der Waals surface area contributed by atoms with Gasteiger partial charge in [0.15, 0.2) is 0 Å². The number of nitrogens with zero attached hydrogens (tertiary/aromatic N) is 2. The first kappa shape index (κ1) is 16.5. The zero-order valence-corrected chi connectivity index (χ0v) is 14.7. The predicted molar refractivity (Wildman–Crippen MR) is 101 cm³/mol. The van der Waals surface area contributed by atoms with E-state index in [1.165, 1.54) is 9.80 Å². The lowest BCUT2D eigenvalue weighted by molar-refractivity contribution is 1.27. The Hall–Kier alpha value is -0.910. The van der Waals surface area contributed by atoms with E-state index in [1.807, 2.05) is 24.8 Å². The minimum atomic E-state index is 0.854. The third-order valence-corrected chi connectivity index (χ3v) is 6.10.